The standard InChI is InChI=1S/C9H16O5/c1-14-5-9(4-10)2-6(11)8(13)7(12)3-9/h4,6-8,11-13H,2-3,5H2,1H3. The topological polar surface area (TPSA) is 87.0 Å². The van der Waals surface area contributed by atoms with Crippen molar-refractivity contribution in [1.29, 1.82) is 0 Å². The highest BCUT2D eigenvalue weighted by Gasteiger charge is 2.44. The number of aldehydes is 1. The number of ether oxygens (including phenoxy) is 1. The van der Waals surface area contributed by atoms with Crippen molar-refractivity contribution in [2.24, 2.45) is 5.41 Å². The third-order valence-corrected chi connectivity index (χ3v) is 2.70. The maximum Gasteiger partial charge on any atom is 0.128 e. The van der Waals surface area contributed by atoms with Crippen molar-refractivity contribution in [3.63, 3.8) is 0 Å². The molecule has 2 unspecified atom stereocenters. The molecule has 2 atom stereocenters. The van der Waals surface area contributed by atoms with E-state index in [4.69, 9.17) is 4.74 Å². The van der Waals surface area contributed by atoms with Crippen molar-refractivity contribution in [3.05, 3.63) is 0 Å². The van der Waals surface area contributed by atoms with E-state index in [9.17, 15) is 20.1 Å². The van der Waals surface area contributed by atoms with E-state index in [0.717, 1.165) is 0 Å². The number of methoxy groups -OCH3 is 1. The molecule has 5 nitrogen and oxygen atoms in total. The summed E-state index contributed by atoms with van der Waals surface area (Å²) >= 11 is 0. The van der Waals surface area contributed by atoms with Gasteiger partial charge in [0.1, 0.15) is 12.4 Å². The Morgan fingerprint density at radius 3 is 2.21 bits per heavy atom. The van der Waals surface area contributed by atoms with Crippen LogP contribution in [0.4, 0.5) is 0 Å². The number of rotatable bonds is 3. The number of aliphatic hydroxyl groups is 3. The summed E-state index contributed by atoms with van der Waals surface area (Å²) in [5.74, 6) is 0. The van der Waals surface area contributed by atoms with Gasteiger partial charge in [0.2, 0.25) is 0 Å². The Bertz CT molecular complexity index is 193. The van der Waals surface area contributed by atoms with Crippen LogP contribution in [0.25, 0.3) is 0 Å². The Kier molecular flexibility index (Phi) is 3.60. The molecule has 1 saturated carbocycles. The molecule has 5 heteroatoms. The molecule has 0 saturated heterocycles. The SMILES string of the molecule is COCC1(C=O)CC(O)C(O)C(O)C1. The average molecular weight is 204 g/mol. The lowest BCUT2D eigenvalue weighted by Crippen LogP contribution is -2.51. The molecule has 0 radical (unpaired) electrons. The minimum atomic E-state index is -1.17. The van der Waals surface area contributed by atoms with Crippen LogP contribution in [0.3, 0.4) is 0 Å². The summed E-state index contributed by atoms with van der Waals surface area (Å²) in [5, 5.41) is 28.1. The molecule has 0 aromatic heterocycles. The fraction of sp³-hybridized carbons (Fsp3) is 0.889. The Hall–Kier alpha value is -0.490. The van der Waals surface area contributed by atoms with E-state index in [1.165, 1.54) is 7.11 Å². The lowest BCUT2D eigenvalue weighted by atomic mass is 9.72. The van der Waals surface area contributed by atoms with Gasteiger partial charge in [-0.1, -0.05) is 0 Å². The van der Waals surface area contributed by atoms with Gasteiger partial charge in [-0.05, 0) is 12.8 Å². The molecule has 0 heterocycles. The predicted molar refractivity (Wildman–Crippen MR) is 47.6 cm³/mol. The number of carbonyl (C=O) groups is 1. The Balaban J connectivity index is 2.75. The Labute approximate surface area is 82.3 Å². The molecule has 0 aliphatic heterocycles. The fourth-order valence-electron chi connectivity index (χ4n) is 1.95. The van der Waals surface area contributed by atoms with E-state index >= 15 is 0 Å². The Morgan fingerprint density at radius 2 is 1.86 bits per heavy atom. The zero-order valence-corrected chi connectivity index (χ0v) is 8.09. The van der Waals surface area contributed by atoms with E-state index in [2.05, 4.69) is 0 Å². The quantitative estimate of drug-likeness (QED) is 0.497. The first-order chi connectivity index (χ1) is 6.54. The second kappa shape index (κ2) is 4.35. The highest BCUT2D eigenvalue weighted by atomic mass is 16.5. The highest BCUT2D eigenvalue weighted by Crippen LogP contribution is 2.35. The van der Waals surface area contributed by atoms with E-state index in [1.54, 1.807) is 0 Å². The molecule has 0 aromatic carbocycles. The van der Waals surface area contributed by atoms with E-state index in [-0.39, 0.29) is 19.4 Å². The first kappa shape index (κ1) is 11.6. The first-order valence-electron chi connectivity index (χ1n) is 4.54. The van der Waals surface area contributed by atoms with Gasteiger partial charge >= 0.3 is 0 Å². The van der Waals surface area contributed by atoms with Crippen LogP contribution < -0.4 is 0 Å². The maximum atomic E-state index is 10.9. The molecule has 0 amide bonds. The Morgan fingerprint density at radius 1 is 1.36 bits per heavy atom. The lowest BCUT2D eigenvalue weighted by molar-refractivity contribution is -0.149. The number of hydrogen-bond donors (Lipinski definition) is 3. The van der Waals surface area contributed by atoms with E-state index < -0.39 is 23.7 Å². The first-order valence-corrected chi connectivity index (χ1v) is 4.54. The summed E-state index contributed by atoms with van der Waals surface area (Å²) in [7, 11) is 1.45. The smallest absolute Gasteiger partial charge is 0.128 e. The van der Waals surface area contributed by atoms with Crippen molar-refractivity contribution >= 4 is 6.29 Å². The highest BCUT2D eigenvalue weighted by molar-refractivity contribution is 5.60. The van der Waals surface area contributed by atoms with Crippen LogP contribution in [0, 0.1) is 5.41 Å². The molecule has 0 bridgehead atoms. The third kappa shape index (κ3) is 2.12. The number of carbonyl (C=O) groups excluding carboxylic acids is 1. The van der Waals surface area contributed by atoms with Crippen molar-refractivity contribution < 1.29 is 24.9 Å². The van der Waals surface area contributed by atoms with Gasteiger partial charge in [0.25, 0.3) is 0 Å². The molecular weight excluding hydrogens is 188 g/mol. The average Bonchev–Trinajstić information content (AvgIpc) is 2.15. The summed E-state index contributed by atoms with van der Waals surface area (Å²) in [6.07, 6.45) is -2.36. The van der Waals surface area contributed by atoms with Crippen LogP contribution >= 0.6 is 0 Å². The second-order valence-corrected chi connectivity index (χ2v) is 3.95. The van der Waals surface area contributed by atoms with Crippen molar-refractivity contribution in [2.75, 3.05) is 13.7 Å². The zero-order chi connectivity index (χ0) is 10.8. The van der Waals surface area contributed by atoms with E-state index in [1.807, 2.05) is 0 Å². The predicted octanol–water partition coefficient (Wildman–Crippen LogP) is -1.31. The van der Waals surface area contributed by atoms with Crippen LogP contribution in [0.1, 0.15) is 12.8 Å². The van der Waals surface area contributed by atoms with Gasteiger partial charge in [0.15, 0.2) is 0 Å². The zero-order valence-electron chi connectivity index (χ0n) is 8.09. The normalized spacial score (nSPS) is 43.6. The molecular formula is C9H16O5. The molecule has 1 aliphatic carbocycles. The van der Waals surface area contributed by atoms with Crippen molar-refractivity contribution in [1.82, 2.24) is 0 Å². The monoisotopic (exact) mass is 204 g/mol. The van der Waals surface area contributed by atoms with Crippen LogP contribution in [-0.4, -0.2) is 53.6 Å². The largest absolute Gasteiger partial charge is 0.390 e. The molecule has 14 heavy (non-hydrogen) atoms. The molecule has 1 rings (SSSR count). The van der Waals surface area contributed by atoms with Crippen molar-refractivity contribution in [3.8, 4) is 0 Å². The number of aliphatic hydroxyl groups excluding tert-OH is 3. The van der Waals surface area contributed by atoms with Gasteiger partial charge in [-0.3, -0.25) is 0 Å². The maximum absolute atomic E-state index is 10.9. The summed E-state index contributed by atoms with van der Waals surface area (Å²) < 4.78 is 4.87. The van der Waals surface area contributed by atoms with Crippen LogP contribution in [0.2, 0.25) is 0 Å². The van der Waals surface area contributed by atoms with Crippen LogP contribution in [0.5, 0.6) is 0 Å². The van der Waals surface area contributed by atoms with Gasteiger partial charge in [0, 0.05) is 7.11 Å². The minimum Gasteiger partial charge on any atom is -0.390 e. The molecule has 1 aliphatic rings. The van der Waals surface area contributed by atoms with Gasteiger partial charge in [-0.15, -0.1) is 0 Å². The molecule has 82 valence electrons. The van der Waals surface area contributed by atoms with Crippen LogP contribution in [0.15, 0.2) is 0 Å². The summed E-state index contributed by atoms with van der Waals surface area (Å²) in [6, 6.07) is 0. The number of hydrogen-bond acceptors (Lipinski definition) is 5. The third-order valence-electron chi connectivity index (χ3n) is 2.70. The van der Waals surface area contributed by atoms with Crippen molar-refractivity contribution in [2.45, 2.75) is 31.2 Å². The molecule has 0 spiro atoms. The van der Waals surface area contributed by atoms with E-state index in [0.29, 0.717) is 6.29 Å². The van der Waals surface area contributed by atoms with Gasteiger partial charge in [0.05, 0.1) is 24.2 Å². The summed E-state index contributed by atoms with van der Waals surface area (Å²) in [6.45, 7) is 0.150. The van der Waals surface area contributed by atoms with Gasteiger partial charge < -0.3 is 24.9 Å². The lowest BCUT2D eigenvalue weighted by Gasteiger charge is -2.39. The molecule has 0 aromatic rings. The molecule has 3 N–H and O–H groups in total. The fourth-order valence-corrected chi connectivity index (χ4v) is 1.95. The molecule has 1 fully saturated rings. The summed E-state index contributed by atoms with van der Waals surface area (Å²) in [5.41, 5.74) is -0.868. The minimum absolute atomic E-state index is 0.128. The van der Waals surface area contributed by atoms with Gasteiger partial charge in [-0.25, -0.2) is 0 Å². The van der Waals surface area contributed by atoms with Gasteiger partial charge in [-0.2, -0.15) is 0 Å². The van der Waals surface area contributed by atoms with Crippen LogP contribution in [-0.2, 0) is 9.53 Å². The summed E-state index contributed by atoms with van der Waals surface area (Å²) in [4.78, 5) is 10.9. The second-order valence-electron chi connectivity index (χ2n) is 3.95.